The highest BCUT2D eigenvalue weighted by Crippen LogP contribution is 2.34. The molecule has 1 unspecified atom stereocenters. The molecule has 3 heterocycles. The fraction of sp³-hybridized carbons (Fsp3) is 0.318. The molecular formula is C22H24N4O2. The van der Waals surface area contributed by atoms with Crippen molar-refractivity contribution >= 4 is 16.8 Å². The van der Waals surface area contributed by atoms with Gasteiger partial charge in [0.1, 0.15) is 5.52 Å². The third-order valence-corrected chi connectivity index (χ3v) is 5.58. The molecule has 0 spiro atoms. The lowest BCUT2D eigenvalue weighted by molar-refractivity contribution is 0.0716. The van der Waals surface area contributed by atoms with Crippen LogP contribution in [-0.2, 0) is 13.0 Å². The highest BCUT2D eigenvalue weighted by Gasteiger charge is 2.29. The minimum Gasteiger partial charge on any atom is -0.354 e. The van der Waals surface area contributed by atoms with Crippen LogP contribution >= 0.6 is 0 Å². The molecule has 3 aromatic heterocycles. The van der Waals surface area contributed by atoms with E-state index in [1.165, 1.54) is 10.1 Å². The lowest BCUT2D eigenvalue weighted by Gasteiger charge is -2.33. The molecule has 0 aliphatic heterocycles. The van der Waals surface area contributed by atoms with Crippen LogP contribution in [0.15, 0.2) is 48.2 Å². The van der Waals surface area contributed by atoms with Gasteiger partial charge in [0.05, 0.1) is 11.6 Å². The van der Waals surface area contributed by atoms with E-state index < -0.39 is 0 Å². The highest BCUT2D eigenvalue weighted by molar-refractivity contribution is 6.06. The lowest BCUT2D eigenvalue weighted by atomic mass is 9.88. The van der Waals surface area contributed by atoms with E-state index in [1.807, 2.05) is 32.3 Å². The van der Waals surface area contributed by atoms with Gasteiger partial charge in [0.2, 0.25) is 0 Å². The van der Waals surface area contributed by atoms with Crippen LogP contribution in [0.5, 0.6) is 0 Å². The van der Waals surface area contributed by atoms with Crippen molar-refractivity contribution in [2.24, 2.45) is 0 Å². The molecule has 28 heavy (non-hydrogen) atoms. The van der Waals surface area contributed by atoms with Crippen molar-refractivity contribution in [2.75, 3.05) is 7.05 Å². The number of fused-ring (bicyclic) bond motifs is 2. The summed E-state index contributed by atoms with van der Waals surface area (Å²) in [4.78, 5) is 35.4. The maximum absolute atomic E-state index is 13.5. The molecule has 1 N–H and O–H groups in total. The first kappa shape index (κ1) is 18.2. The van der Waals surface area contributed by atoms with Gasteiger partial charge in [-0.2, -0.15) is 0 Å². The number of aromatic nitrogens is 3. The predicted octanol–water partition coefficient (Wildman–Crippen LogP) is 3.37. The predicted molar refractivity (Wildman–Crippen MR) is 110 cm³/mol. The van der Waals surface area contributed by atoms with Crippen LogP contribution in [0.2, 0.25) is 0 Å². The molecule has 0 saturated carbocycles. The van der Waals surface area contributed by atoms with Gasteiger partial charge in [0.25, 0.3) is 11.5 Å². The second-order valence-electron chi connectivity index (χ2n) is 7.43. The van der Waals surface area contributed by atoms with E-state index >= 15 is 0 Å². The number of amides is 1. The van der Waals surface area contributed by atoms with Gasteiger partial charge in [-0.25, -0.2) is 0 Å². The maximum atomic E-state index is 13.5. The van der Waals surface area contributed by atoms with E-state index in [2.05, 4.69) is 16.5 Å². The van der Waals surface area contributed by atoms with Crippen molar-refractivity contribution in [2.45, 2.75) is 38.8 Å². The van der Waals surface area contributed by atoms with Gasteiger partial charge in [-0.05, 0) is 49.4 Å². The number of nitrogens with zero attached hydrogens (tertiary/aromatic N) is 3. The van der Waals surface area contributed by atoms with E-state index in [9.17, 15) is 9.59 Å². The Morgan fingerprint density at radius 2 is 2.32 bits per heavy atom. The third kappa shape index (κ3) is 2.95. The number of carbonyl (C=O) groups excluding carboxylic acids is 1. The van der Waals surface area contributed by atoms with Crippen molar-refractivity contribution in [3.05, 3.63) is 76.1 Å². The van der Waals surface area contributed by atoms with Gasteiger partial charge in [-0.15, -0.1) is 6.58 Å². The van der Waals surface area contributed by atoms with Crippen LogP contribution in [0.4, 0.5) is 0 Å². The van der Waals surface area contributed by atoms with Crippen molar-refractivity contribution in [3.63, 3.8) is 0 Å². The van der Waals surface area contributed by atoms with Gasteiger partial charge in [0, 0.05) is 43.3 Å². The largest absolute Gasteiger partial charge is 0.354 e. The van der Waals surface area contributed by atoms with E-state index in [0.29, 0.717) is 23.0 Å². The molecule has 0 fully saturated rings. The van der Waals surface area contributed by atoms with Gasteiger partial charge in [-0.1, -0.05) is 6.08 Å². The monoisotopic (exact) mass is 376 g/mol. The number of H-pyrrole nitrogens is 1. The molecule has 0 aromatic carbocycles. The van der Waals surface area contributed by atoms with Crippen LogP contribution in [0.3, 0.4) is 0 Å². The Bertz CT molecular complexity index is 1130. The average Bonchev–Trinajstić information content (AvgIpc) is 3.10. The van der Waals surface area contributed by atoms with E-state index in [4.69, 9.17) is 0 Å². The first-order chi connectivity index (χ1) is 13.5. The first-order valence-electron chi connectivity index (χ1n) is 9.55. The fourth-order valence-electron chi connectivity index (χ4n) is 4.18. The van der Waals surface area contributed by atoms with E-state index in [1.54, 1.807) is 23.4 Å². The topological polar surface area (TPSA) is 71.0 Å². The molecule has 3 aromatic rings. The Balaban J connectivity index is 1.80. The van der Waals surface area contributed by atoms with Gasteiger partial charge in [0.15, 0.2) is 0 Å². The zero-order valence-corrected chi connectivity index (χ0v) is 16.2. The molecule has 144 valence electrons. The smallest absolute Gasteiger partial charge is 0.275 e. The first-order valence-corrected chi connectivity index (χ1v) is 9.55. The standard InChI is InChI=1S/C22H24N4O2/c1-4-10-26-13-18(16-11-14(2)24-20(16)22(26)28)21(27)25(3)19-7-5-6-15-8-9-23-12-17(15)19/h4,8-9,11-13,19,24H,1,5-7,10H2,2-3H3. The SMILES string of the molecule is C=CCn1cc(C(=O)N(C)C2CCCc3ccncc32)c2cc(C)[nH]c2c1=O. The second-order valence-corrected chi connectivity index (χ2v) is 7.43. The van der Waals surface area contributed by atoms with Gasteiger partial charge >= 0.3 is 0 Å². The molecular weight excluding hydrogens is 352 g/mol. The normalized spacial score (nSPS) is 16.0. The maximum Gasteiger partial charge on any atom is 0.275 e. The summed E-state index contributed by atoms with van der Waals surface area (Å²) < 4.78 is 1.53. The van der Waals surface area contributed by atoms with E-state index in [0.717, 1.165) is 30.5 Å². The van der Waals surface area contributed by atoms with Crippen LogP contribution < -0.4 is 5.56 Å². The molecule has 1 aliphatic rings. The molecule has 6 heteroatoms. The fourth-order valence-corrected chi connectivity index (χ4v) is 4.18. The second kappa shape index (κ2) is 7.11. The van der Waals surface area contributed by atoms with Crippen LogP contribution in [0.1, 0.15) is 46.1 Å². The number of pyridine rings is 2. The minimum absolute atomic E-state index is 0.0141. The summed E-state index contributed by atoms with van der Waals surface area (Å²) >= 11 is 0. The highest BCUT2D eigenvalue weighted by atomic mass is 16.2. The summed E-state index contributed by atoms with van der Waals surface area (Å²) in [6, 6.07) is 3.89. The number of allylic oxidation sites excluding steroid dienone is 1. The average molecular weight is 376 g/mol. The van der Waals surface area contributed by atoms with Crippen molar-refractivity contribution in [3.8, 4) is 0 Å². The summed E-state index contributed by atoms with van der Waals surface area (Å²) in [7, 11) is 1.84. The summed E-state index contributed by atoms with van der Waals surface area (Å²) in [5.41, 5.74) is 4.07. The Morgan fingerprint density at radius 1 is 1.50 bits per heavy atom. The molecule has 6 nitrogen and oxygen atoms in total. The Hall–Kier alpha value is -3.15. The number of hydrogen-bond acceptors (Lipinski definition) is 3. The van der Waals surface area contributed by atoms with Crippen LogP contribution in [0.25, 0.3) is 10.9 Å². The molecule has 4 rings (SSSR count). The van der Waals surface area contributed by atoms with Gasteiger partial charge in [-0.3, -0.25) is 14.6 Å². The Labute approximate surface area is 163 Å². The zero-order chi connectivity index (χ0) is 19.8. The van der Waals surface area contributed by atoms with Gasteiger partial charge < -0.3 is 14.5 Å². The Morgan fingerprint density at radius 3 is 3.11 bits per heavy atom. The number of carbonyl (C=O) groups is 1. The molecule has 1 amide bonds. The van der Waals surface area contributed by atoms with Crippen LogP contribution in [0, 0.1) is 6.92 Å². The molecule has 0 bridgehead atoms. The van der Waals surface area contributed by atoms with Crippen molar-refractivity contribution in [1.29, 1.82) is 0 Å². The van der Waals surface area contributed by atoms with Crippen molar-refractivity contribution < 1.29 is 4.79 Å². The number of aryl methyl sites for hydroxylation is 2. The molecule has 1 atom stereocenters. The zero-order valence-electron chi connectivity index (χ0n) is 16.2. The number of rotatable bonds is 4. The minimum atomic E-state index is -0.144. The molecule has 1 aliphatic carbocycles. The summed E-state index contributed by atoms with van der Waals surface area (Å²) in [5, 5.41) is 0.668. The van der Waals surface area contributed by atoms with E-state index in [-0.39, 0.29) is 17.5 Å². The lowest BCUT2D eigenvalue weighted by Crippen LogP contribution is -2.34. The number of aromatic amines is 1. The third-order valence-electron chi connectivity index (χ3n) is 5.58. The van der Waals surface area contributed by atoms with Crippen LogP contribution in [-0.4, -0.2) is 32.4 Å². The summed E-state index contributed by atoms with van der Waals surface area (Å²) in [6.45, 7) is 5.96. The molecule has 0 radical (unpaired) electrons. The van der Waals surface area contributed by atoms with Crippen molar-refractivity contribution in [1.82, 2.24) is 19.4 Å². The molecule has 0 saturated heterocycles. The Kier molecular flexibility index (Phi) is 4.63. The number of hydrogen-bond donors (Lipinski definition) is 1. The quantitative estimate of drug-likeness (QED) is 0.710. The summed E-state index contributed by atoms with van der Waals surface area (Å²) in [5.74, 6) is -0.0940. The summed E-state index contributed by atoms with van der Waals surface area (Å²) in [6.07, 6.45) is 9.95. The number of nitrogens with one attached hydrogen (secondary N) is 1.